The average Bonchev–Trinajstić information content (AvgIpc) is 3.27. The van der Waals surface area contributed by atoms with Crippen molar-refractivity contribution in [3.05, 3.63) is 23.5 Å². The second-order valence-corrected chi connectivity index (χ2v) is 11.4. The van der Waals surface area contributed by atoms with E-state index < -0.39 is 5.97 Å². The summed E-state index contributed by atoms with van der Waals surface area (Å²) in [5, 5.41) is 9.77. The fourth-order valence-electron chi connectivity index (χ4n) is 7.06. The van der Waals surface area contributed by atoms with Crippen LogP contribution in [0.5, 0.6) is 0 Å². The largest absolute Gasteiger partial charge is 0.481 e. The summed E-state index contributed by atoms with van der Waals surface area (Å²) in [6.07, 6.45) is 10.2. The number of aryl methyl sites for hydroxylation is 1. The molecule has 1 aromatic heterocycles. The van der Waals surface area contributed by atoms with Gasteiger partial charge in [-0.05, 0) is 95.4 Å². The number of amides is 1. The molecule has 2 fully saturated rings. The highest BCUT2D eigenvalue weighted by molar-refractivity contribution is 5.95. The molecule has 5 rings (SSSR count). The van der Waals surface area contributed by atoms with E-state index in [-0.39, 0.29) is 24.1 Å². The molecule has 0 unspecified atom stereocenters. The van der Waals surface area contributed by atoms with Gasteiger partial charge in [0.05, 0.1) is 29.7 Å². The van der Waals surface area contributed by atoms with Gasteiger partial charge in [-0.15, -0.1) is 0 Å². The Labute approximate surface area is 219 Å². The molecule has 2 heterocycles. The number of carbonyl (C=O) groups excluding carboxylic acids is 1. The van der Waals surface area contributed by atoms with Crippen LogP contribution in [0.3, 0.4) is 0 Å². The van der Waals surface area contributed by atoms with Gasteiger partial charge in [-0.3, -0.25) is 9.69 Å². The van der Waals surface area contributed by atoms with Gasteiger partial charge in [0.15, 0.2) is 0 Å². The van der Waals surface area contributed by atoms with E-state index in [1.165, 1.54) is 20.0 Å². The van der Waals surface area contributed by atoms with Gasteiger partial charge in [0.2, 0.25) is 0 Å². The molecule has 0 bridgehead atoms. The van der Waals surface area contributed by atoms with Crippen molar-refractivity contribution in [3.8, 4) is 0 Å². The molecule has 200 valence electrons. The zero-order chi connectivity index (χ0) is 26.1. The molecular formula is C29H40N4O4. The first kappa shape index (κ1) is 25.7. The lowest BCUT2D eigenvalue weighted by Crippen LogP contribution is -2.42. The molecule has 0 spiro atoms. The maximum absolute atomic E-state index is 12.6. The third kappa shape index (κ3) is 4.99. The van der Waals surface area contributed by atoms with Crippen molar-refractivity contribution in [2.45, 2.75) is 89.6 Å². The van der Waals surface area contributed by atoms with Crippen LogP contribution in [0, 0.1) is 17.8 Å². The van der Waals surface area contributed by atoms with Gasteiger partial charge >= 0.3 is 12.1 Å². The van der Waals surface area contributed by atoms with Gasteiger partial charge < -0.3 is 19.4 Å². The lowest BCUT2D eigenvalue weighted by atomic mass is 9.80. The predicted octanol–water partition coefficient (Wildman–Crippen LogP) is 5.81. The number of carboxylic acid groups (broad SMARTS) is 1. The van der Waals surface area contributed by atoms with Crippen LogP contribution in [0.4, 0.5) is 10.5 Å². The number of imidazole rings is 1. The summed E-state index contributed by atoms with van der Waals surface area (Å²) in [4.78, 5) is 35.7. The molecular weight excluding hydrogens is 468 g/mol. The highest BCUT2D eigenvalue weighted by atomic mass is 16.5. The molecule has 8 heteroatoms. The first-order valence-electron chi connectivity index (χ1n) is 14.0. The van der Waals surface area contributed by atoms with E-state index in [9.17, 15) is 14.7 Å². The minimum Gasteiger partial charge on any atom is -0.481 e. The molecule has 8 nitrogen and oxygen atoms in total. The van der Waals surface area contributed by atoms with Crippen molar-refractivity contribution in [2.24, 2.45) is 22.7 Å². The molecule has 0 radical (unpaired) electrons. The maximum atomic E-state index is 12.6. The number of aliphatic imine (C=N–C) groups is 1. The monoisotopic (exact) mass is 508 g/mol. The minimum absolute atomic E-state index is 0.0638. The van der Waals surface area contributed by atoms with Gasteiger partial charge in [-0.1, -0.05) is 6.42 Å². The fourth-order valence-corrected chi connectivity index (χ4v) is 7.06. The molecule has 3 atom stereocenters. The van der Waals surface area contributed by atoms with Crippen LogP contribution in [0.1, 0.15) is 82.1 Å². The van der Waals surface area contributed by atoms with E-state index in [0.29, 0.717) is 18.3 Å². The number of benzene rings is 1. The third-order valence-electron chi connectivity index (χ3n) is 9.08. The summed E-state index contributed by atoms with van der Waals surface area (Å²) >= 11 is 0. The van der Waals surface area contributed by atoms with E-state index in [2.05, 4.69) is 29.3 Å². The van der Waals surface area contributed by atoms with Crippen molar-refractivity contribution in [1.82, 2.24) is 9.55 Å². The molecule has 3 aliphatic rings. The van der Waals surface area contributed by atoms with Gasteiger partial charge in [-0.2, -0.15) is 0 Å². The van der Waals surface area contributed by atoms with Crippen LogP contribution in [0.15, 0.2) is 17.1 Å². The van der Waals surface area contributed by atoms with Crippen molar-refractivity contribution in [1.29, 1.82) is 0 Å². The van der Waals surface area contributed by atoms with E-state index in [1.807, 2.05) is 6.07 Å². The number of hydrogen-bond acceptors (Lipinski definition) is 5. The van der Waals surface area contributed by atoms with Gasteiger partial charge in [-0.25, -0.2) is 9.78 Å². The van der Waals surface area contributed by atoms with Crippen LogP contribution in [-0.2, 0) is 22.4 Å². The van der Waals surface area contributed by atoms with Gasteiger partial charge in [0.1, 0.15) is 5.82 Å². The lowest BCUT2D eigenvalue weighted by Gasteiger charge is -2.34. The van der Waals surface area contributed by atoms with Crippen LogP contribution in [0.2, 0.25) is 0 Å². The van der Waals surface area contributed by atoms with Crippen molar-refractivity contribution in [3.63, 3.8) is 0 Å². The summed E-state index contributed by atoms with van der Waals surface area (Å²) in [6.45, 7) is 6.58. The standard InChI is InChI=1S/C29H40N4O4/c1-18-7-12-23-24(32(18)29(36)37-3)13-14-25-27(23)31-26(15-19-8-10-20(11-9-19)17-30-2)33(25)22-6-4-5-21(16-22)28(34)35/h13-14,18-22H,2,4-12,15-17H2,1,3H3,(H,34,35)/t18-,19?,20?,21+,22+/m0/s1. The molecule has 2 aromatic rings. The smallest absolute Gasteiger partial charge is 0.414 e. The fraction of sp³-hybridized carbons (Fsp3) is 0.655. The number of aliphatic carboxylic acids is 1. The van der Waals surface area contributed by atoms with Crippen molar-refractivity contribution < 1.29 is 19.4 Å². The Hall–Kier alpha value is -2.90. The number of fused-ring (bicyclic) bond motifs is 3. The Bertz CT molecular complexity index is 1170. The summed E-state index contributed by atoms with van der Waals surface area (Å²) < 4.78 is 7.49. The number of carbonyl (C=O) groups is 2. The van der Waals surface area contributed by atoms with Crippen LogP contribution >= 0.6 is 0 Å². The molecule has 2 aliphatic carbocycles. The zero-order valence-electron chi connectivity index (χ0n) is 22.2. The topological polar surface area (TPSA) is 97.0 Å². The van der Waals surface area contributed by atoms with E-state index in [0.717, 1.165) is 86.0 Å². The van der Waals surface area contributed by atoms with Gasteiger partial charge in [0.25, 0.3) is 0 Å². The summed E-state index contributed by atoms with van der Waals surface area (Å²) in [5.41, 5.74) is 4.04. The number of rotatable bonds is 6. The van der Waals surface area contributed by atoms with E-state index >= 15 is 0 Å². The Kier molecular flexibility index (Phi) is 7.54. The minimum atomic E-state index is -0.690. The number of anilines is 1. The molecule has 1 amide bonds. The number of aromatic nitrogens is 2. The van der Waals surface area contributed by atoms with Gasteiger partial charge in [0, 0.05) is 30.6 Å². The highest BCUT2D eigenvalue weighted by Gasteiger charge is 2.35. The summed E-state index contributed by atoms with van der Waals surface area (Å²) in [6, 6.07) is 4.33. The van der Waals surface area contributed by atoms with Crippen molar-refractivity contribution >= 4 is 35.5 Å². The average molecular weight is 509 g/mol. The van der Waals surface area contributed by atoms with E-state index in [4.69, 9.17) is 9.72 Å². The molecule has 1 aliphatic heterocycles. The SMILES string of the molecule is C=NCC1CCC(Cc2nc3c4c(ccc3n2[C@@H]2CCC[C@@H](C(=O)O)C2)N(C(=O)OC)[C@@H](C)CC4)CC1. The Morgan fingerprint density at radius 2 is 1.89 bits per heavy atom. The number of ether oxygens (including phenoxy) is 1. The van der Waals surface area contributed by atoms with E-state index in [1.54, 1.807) is 4.90 Å². The summed E-state index contributed by atoms with van der Waals surface area (Å²) in [5.74, 6) is 1.29. The predicted molar refractivity (Wildman–Crippen MR) is 145 cm³/mol. The summed E-state index contributed by atoms with van der Waals surface area (Å²) in [7, 11) is 1.43. The first-order chi connectivity index (χ1) is 17.9. The second kappa shape index (κ2) is 10.8. The van der Waals surface area contributed by atoms with Crippen molar-refractivity contribution in [2.75, 3.05) is 18.6 Å². The maximum Gasteiger partial charge on any atom is 0.414 e. The third-order valence-corrected chi connectivity index (χ3v) is 9.08. The first-order valence-corrected chi connectivity index (χ1v) is 14.0. The molecule has 0 saturated heterocycles. The highest BCUT2D eigenvalue weighted by Crippen LogP contribution is 2.41. The Morgan fingerprint density at radius 1 is 1.14 bits per heavy atom. The zero-order valence-corrected chi connectivity index (χ0v) is 22.2. The molecule has 2 saturated carbocycles. The molecule has 1 N–H and O–H groups in total. The Balaban J connectivity index is 1.54. The lowest BCUT2D eigenvalue weighted by molar-refractivity contribution is -0.143. The second-order valence-electron chi connectivity index (χ2n) is 11.4. The van der Waals surface area contributed by atoms with Crippen LogP contribution in [-0.4, -0.2) is 53.1 Å². The number of hydrogen-bond donors (Lipinski definition) is 1. The van der Waals surface area contributed by atoms with Crippen LogP contribution < -0.4 is 4.90 Å². The number of carboxylic acids is 1. The normalized spacial score (nSPS) is 28.1. The number of nitrogens with zero attached hydrogens (tertiary/aromatic N) is 4. The van der Waals surface area contributed by atoms with Crippen LogP contribution in [0.25, 0.3) is 11.0 Å². The number of methoxy groups -OCH3 is 1. The molecule has 1 aromatic carbocycles. The Morgan fingerprint density at radius 3 is 2.59 bits per heavy atom. The quantitative estimate of drug-likeness (QED) is 0.497. The molecule has 37 heavy (non-hydrogen) atoms.